The Morgan fingerprint density at radius 3 is 3.00 bits per heavy atom. The zero-order valence-corrected chi connectivity index (χ0v) is 9.29. The molecule has 0 aliphatic heterocycles. The quantitative estimate of drug-likeness (QED) is 0.632. The lowest BCUT2D eigenvalue weighted by Gasteiger charge is -2.00. The lowest BCUT2D eigenvalue weighted by Crippen LogP contribution is -1.96. The number of imidazole rings is 1. The summed E-state index contributed by atoms with van der Waals surface area (Å²) in [6.07, 6.45) is 5.99. The lowest BCUT2D eigenvalue weighted by molar-refractivity contribution is 0.104. The summed E-state index contributed by atoms with van der Waals surface area (Å²) in [7, 11) is 0. The van der Waals surface area contributed by atoms with Crippen LogP contribution in [0, 0.1) is 11.3 Å². The van der Waals surface area contributed by atoms with Crippen LogP contribution in [-0.4, -0.2) is 20.9 Å². The zero-order valence-electron chi connectivity index (χ0n) is 9.29. The molecule has 2 rings (SSSR count). The molecule has 5 nitrogen and oxygen atoms in total. The van der Waals surface area contributed by atoms with Crippen molar-refractivity contribution in [1.82, 2.24) is 9.97 Å². The number of nitriles is 1. The van der Waals surface area contributed by atoms with E-state index in [0.717, 1.165) is 0 Å². The topological polar surface area (TPSA) is 89.8 Å². The number of carbonyl (C=O) groups excluding carboxylic acids is 1. The molecule has 2 N–H and O–H groups in total. The van der Waals surface area contributed by atoms with Crippen LogP contribution in [-0.2, 0) is 0 Å². The summed E-state index contributed by atoms with van der Waals surface area (Å²) in [6, 6.07) is 6.04. The van der Waals surface area contributed by atoms with Crippen LogP contribution in [0.2, 0.25) is 0 Å². The van der Waals surface area contributed by atoms with Gasteiger partial charge in [0.05, 0.1) is 17.2 Å². The number of hydrogen-bond donors (Lipinski definition) is 2. The average molecular weight is 239 g/mol. The number of aromatic hydroxyl groups is 1. The molecule has 2 aromatic rings. The van der Waals surface area contributed by atoms with Crippen molar-refractivity contribution in [3.63, 3.8) is 0 Å². The van der Waals surface area contributed by atoms with E-state index in [1.54, 1.807) is 12.4 Å². The third kappa shape index (κ3) is 2.44. The largest absolute Gasteiger partial charge is 0.507 e. The molecule has 0 aliphatic rings. The second kappa shape index (κ2) is 4.97. The number of benzene rings is 1. The van der Waals surface area contributed by atoms with Gasteiger partial charge in [-0.05, 0) is 30.4 Å². The molecule has 0 atom stereocenters. The highest BCUT2D eigenvalue weighted by Gasteiger charge is 2.09. The highest BCUT2D eigenvalue weighted by Crippen LogP contribution is 2.19. The Labute approximate surface area is 103 Å². The van der Waals surface area contributed by atoms with E-state index in [1.807, 2.05) is 6.07 Å². The Morgan fingerprint density at radius 2 is 2.33 bits per heavy atom. The van der Waals surface area contributed by atoms with Crippen molar-refractivity contribution >= 4 is 11.9 Å². The predicted molar refractivity (Wildman–Crippen MR) is 64.8 cm³/mol. The number of phenolic OH excluding ortho intramolecular Hbond substituents is 1. The third-order valence-electron chi connectivity index (χ3n) is 2.30. The van der Waals surface area contributed by atoms with E-state index in [4.69, 9.17) is 5.26 Å². The van der Waals surface area contributed by atoms with Crippen LogP contribution in [0.5, 0.6) is 5.75 Å². The van der Waals surface area contributed by atoms with Gasteiger partial charge in [0.2, 0.25) is 0 Å². The van der Waals surface area contributed by atoms with Crippen LogP contribution < -0.4 is 0 Å². The Balaban J connectivity index is 2.26. The third-order valence-corrected chi connectivity index (χ3v) is 2.30. The maximum atomic E-state index is 11.8. The number of nitrogens with zero attached hydrogens (tertiary/aromatic N) is 2. The fraction of sp³-hybridized carbons (Fsp3) is 0. The van der Waals surface area contributed by atoms with E-state index >= 15 is 0 Å². The van der Waals surface area contributed by atoms with E-state index < -0.39 is 0 Å². The number of hydrogen-bond acceptors (Lipinski definition) is 4. The molecule has 0 amide bonds. The molecule has 0 radical (unpaired) electrons. The molecule has 1 heterocycles. The minimum absolute atomic E-state index is 0.0943. The first-order chi connectivity index (χ1) is 8.70. The Bertz CT molecular complexity index is 637. The summed E-state index contributed by atoms with van der Waals surface area (Å²) in [4.78, 5) is 18.6. The minimum atomic E-state index is -0.388. The second-order valence-corrected chi connectivity index (χ2v) is 3.52. The van der Waals surface area contributed by atoms with Crippen molar-refractivity contribution in [2.24, 2.45) is 0 Å². The fourth-order valence-corrected chi connectivity index (χ4v) is 1.42. The van der Waals surface area contributed by atoms with Gasteiger partial charge in [-0.25, -0.2) is 4.98 Å². The van der Waals surface area contributed by atoms with Crippen LogP contribution in [0.1, 0.15) is 21.7 Å². The summed E-state index contributed by atoms with van der Waals surface area (Å²) in [5.74, 6) is 0.00312. The van der Waals surface area contributed by atoms with Crippen molar-refractivity contribution in [3.05, 3.63) is 53.6 Å². The lowest BCUT2D eigenvalue weighted by atomic mass is 10.1. The molecule has 1 aromatic carbocycles. The van der Waals surface area contributed by atoms with E-state index in [-0.39, 0.29) is 17.1 Å². The van der Waals surface area contributed by atoms with Crippen molar-refractivity contribution in [1.29, 1.82) is 5.26 Å². The standard InChI is InChI=1S/C13H9N3O2/c14-8-9-1-2-11(17)10(7-9)12(18)3-4-13-15-5-6-16-13/h1-7,17H,(H,15,16). The zero-order chi connectivity index (χ0) is 13.0. The number of H-pyrrole nitrogens is 1. The number of aromatic nitrogens is 2. The van der Waals surface area contributed by atoms with Gasteiger partial charge in [0.1, 0.15) is 11.6 Å². The number of allylic oxidation sites excluding steroid dienone is 1. The van der Waals surface area contributed by atoms with E-state index in [0.29, 0.717) is 11.4 Å². The summed E-state index contributed by atoms with van der Waals surface area (Å²) in [5.41, 5.74) is 0.416. The van der Waals surface area contributed by atoms with E-state index in [2.05, 4.69) is 9.97 Å². The summed E-state index contributed by atoms with van der Waals surface area (Å²) in [6.45, 7) is 0. The van der Waals surface area contributed by atoms with Crippen molar-refractivity contribution in [3.8, 4) is 11.8 Å². The minimum Gasteiger partial charge on any atom is -0.507 e. The maximum Gasteiger partial charge on any atom is 0.189 e. The molecule has 18 heavy (non-hydrogen) atoms. The van der Waals surface area contributed by atoms with Crippen LogP contribution in [0.25, 0.3) is 6.08 Å². The first-order valence-electron chi connectivity index (χ1n) is 5.15. The van der Waals surface area contributed by atoms with Gasteiger partial charge in [-0.2, -0.15) is 5.26 Å². The first-order valence-corrected chi connectivity index (χ1v) is 5.15. The fourth-order valence-electron chi connectivity index (χ4n) is 1.42. The average Bonchev–Trinajstić information content (AvgIpc) is 2.89. The summed E-state index contributed by atoms with van der Waals surface area (Å²) in [5, 5.41) is 18.3. The van der Waals surface area contributed by atoms with Gasteiger partial charge in [0.15, 0.2) is 5.78 Å². The van der Waals surface area contributed by atoms with Gasteiger partial charge in [-0.3, -0.25) is 4.79 Å². The molecule has 0 spiro atoms. The number of ketones is 1. The van der Waals surface area contributed by atoms with Gasteiger partial charge < -0.3 is 10.1 Å². The van der Waals surface area contributed by atoms with Crippen molar-refractivity contribution < 1.29 is 9.90 Å². The molecular formula is C13H9N3O2. The molecule has 0 saturated carbocycles. The molecule has 88 valence electrons. The van der Waals surface area contributed by atoms with Crippen LogP contribution >= 0.6 is 0 Å². The Hall–Kier alpha value is -2.87. The smallest absolute Gasteiger partial charge is 0.189 e. The Kier molecular flexibility index (Phi) is 3.21. The first kappa shape index (κ1) is 11.6. The molecule has 0 saturated heterocycles. The normalized spacial score (nSPS) is 10.4. The molecule has 0 unspecified atom stereocenters. The predicted octanol–water partition coefficient (Wildman–Crippen LogP) is 1.88. The Morgan fingerprint density at radius 1 is 1.50 bits per heavy atom. The van der Waals surface area contributed by atoms with Crippen LogP contribution in [0.15, 0.2) is 36.7 Å². The van der Waals surface area contributed by atoms with Gasteiger partial charge in [0.25, 0.3) is 0 Å². The van der Waals surface area contributed by atoms with Gasteiger partial charge in [-0.1, -0.05) is 0 Å². The van der Waals surface area contributed by atoms with Crippen LogP contribution in [0.4, 0.5) is 0 Å². The van der Waals surface area contributed by atoms with Crippen molar-refractivity contribution in [2.45, 2.75) is 0 Å². The SMILES string of the molecule is N#Cc1ccc(O)c(C(=O)C=Cc2ncc[nH]2)c1. The molecule has 5 heteroatoms. The molecule has 0 fully saturated rings. The van der Waals surface area contributed by atoms with Crippen LogP contribution in [0.3, 0.4) is 0 Å². The highest BCUT2D eigenvalue weighted by molar-refractivity contribution is 6.08. The number of phenols is 1. The number of rotatable bonds is 3. The summed E-state index contributed by atoms with van der Waals surface area (Å²) < 4.78 is 0. The van der Waals surface area contributed by atoms with E-state index in [1.165, 1.54) is 30.4 Å². The molecule has 1 aromatic heterocycles. The van der Waals surface area contributed by atoms with Gasteiger partial charge in [0, 0.05) is 12.4 Å². The number of nitrogens with one attached hydrogen (secondary N) is 1. The number of carbonyl (C=O) groups is 1. The van der Waals surface area contributed by atoms with Gasteiger partial charge in [-0.15, -0.1) is 0 Å². The second-order valence-electron chi connectivity index (χ2n) is 3.52. The summed E-state index contributed by atoms with van der Waals surface area (Å²) >= 11 is 0. The maximum absolute atomic E-state index is 11.8. The van der Waals surface area contributed by atoms with E-state index in [9.17, 15) is 9.90 Å². The monoisotopic (exact) mass is 239 g/mol. The molecular weight excluding hydrogens is 230 g/mol. The molecule has 0 aliphatic carbocycles. The molecule has 0 bridgehead atoms. The van der Waals surface area contributed by atoms with Gasteiger partial charge >= 0.3 is 0 Å². The van der Waals surface area contributed by atoms with Crippen molar-refractivity contribution in [2.75, 3.05) is 0 Å². The highest BCUT2D eigenvalue weighted by atomic mass is 16.3. The number of aromatic amines is 1.